The predicted molar refractivity (Wildman–Crippen MR) is 73.2 cm³/mol. The van der Waals surface area contributed by atoms with Crippen LogP contribution in [0.15, 0.2) is 0 Å². The van der Waals surface area contributed by atoms with E-state index in [2.05, 4.69) is 32.6 Å². The van der Waals surface area contributed by atoms with Crippen molar-refractivity contribution in [1.29, 1.82) is 0 Å². The lowest BCUT2D eigenvalue weighted by atomic mass is 9.84. The SMILES string of the molecule is CCC(C)CC(=O)C(C)(CC)N1CCCCC1. The molecule has 17 heavy (non-hydrogen) atoms. The maximum Gasteiger partial charge on any atom is 0.153 e. The molecule has 1 heterocycles. The Bertz CT molecular complexity index is 245. The van der Waals surface area contributed by atoms with Crippen molar-refractivity contribution in [2.24, 2.45) is 5.92 Å². The fourth-order valence-corrected chi connectivity index (χ4v) is 2.67. The Hall–Kier alpha value is -0.370. The molecule has 2 unspecified atom stereocenters. The molecule has 100 valence electrons. The Balaban J connectivity index is 2.68. The van der Waals surface area contributed by atoms with Crippen molar-refractivity contribution < 1.29 is 4.79 Å². The smallest absolute Gasteiger partial charge is 0.153 e. The summed E-state index contributed by atoms with van der Waals surface area (Å²) in [5.74, 6) is 0.981. The van der Waals surface area contributed by atoms with E-state index in [0.717, 1.165) is 32.4 Å². The molecular formula is C15H29NO. The quantitative estimate of drug-likeness (QED) is 0.705. The average Bonchev–Trinajstić information content (AvgIpc) is 2.38. The van der Waals surface area contributed by atoms with Gasteiger partial charge in [-0.1, -0.05) is 33.6 Å². The molecule has 0 radical (unpaired) electrons. The predicted octanol–water partition coefficient (Wildman–Crippen LogP) is 3.65. The highest BCUT2D eigenvalue weighted by Gasteiger charge is 2.37. The molecule has 0 bridgehead atoms. The van der Waals surface area contributed by atoms with Crippen molar-refractivity contribution >= 4 is 5.78 Å². The highest BCUT2D eigenvalue weighted by atomic mass is 16.1. The molecule has 0 saturated carbocycles. The number of nitrogens with zero attached hydrogens (tertiary/aromatic N) is 1. The first-order chi connectivity index (χ1) is 8.04. The van der Waals surface area contributed by atoms with E-state index in [1.54, 1.807) is 0 Å². The fraction of sp³-hybridized carbons (Fsp3) is 0.933. The largest absolute Gasteiger partial charge is 0.298 e. The molecule has 0 aromatic heterocycles. The molecule has 0 aromatic rings. The van der Waals surface area contributed by atoms with Crippen molar-refractivity contribution in [3.8, 4) is 0 Å². The lowest BCUT2D eigenvalue weighted by molar-refractivity contribution is -0.132. The van der Waals surface area contributed by atoms with Gasteiger partial charge in [-0.2, -0.15) is 0 Å². The zero-order valence-corrected chi connectivity index (χ0v) is 12.1. The normalized spacial score (nSPS) is 23.1. The molecule has 0 aliphatic carbocycles. The minimum absolute atomic E-state index is 0.205. The zero-order valence-electron chi connectivity index (χ0n) is 12.1. The Morgan fingerprint density at radius 1 is 1.24 bits per heavy atom. The summed E-state index contributed by atoms with van der Waals surface area (Å²) in [6, 6.07) is 0. The second kappa shape index (κ2) is 6.53. The summed E-state index contributed by atoms with van der Waals surface area (Å²) < 4.78 is 0. The summed E-state index contributed by atoms with van der Waals surface area (Å²) in [7, 11) is 0. The number of piperidine rings is 1. The summed E-state index contributed by atoms with van der Waals surface area (Å²) >= 11 is 0. The second-order valence-electron chi connectivity index (χ2n) is 5.82. The lowest BCUT2D eigenvalue weighted by Crippen LogP contribution is -2.54. The van der Waals surface area contributed by atoms with Crippen LogP contribution in [0.3, 0.4) is 0 Å². The van der Waals surface area contributed by atoms with Gasteiger partial charge in [0, 0.05) is 6.42 Å². The van der Waals surface area contributed by atoms with Crippen LogP contribution in [-0.4, -0.2) is 29.3 Å². The summed E-state index contributed by atoms with van der Waals surface area (Å²) in [4.78, 5) is 15.0. The van der Waals surface area contributed by atoms with Crippen LogP contribution in [0.1, 0.15) is 66.2 Å². The number of Topliss-reactive ketones (excluding diaryl/α,β-unsaturated/α-hetero) is 1. The van der Waals surface area contributed by atoms with Crippen molar-refractivity contribution in [2.75, 3.05) is 13.1 Å². The van der Waals surface area contributed by atoms with Gasteiger partial charge in [0.25, 0.3) is 0 Å². The van der Waals surface area contributed by atoms with Gasteiger partial charge in [0.1, 0.15) is 0 Å². The topological polar surface area (TPSA) is 20.3 Å². The third-order valence-electron chi connectivity index (χ3n) is 4.57. The number of rotatable bonds is 6. The van der Waals surface area contributed by atoms with E-state index in [4.69, 9.17) is 0 Å². The fourth-order valence-electron chi connectivity index (χ4n) is 2.67. The molecule has 0 N–H and O–H groups in total. The second-order valence-corrected chi connectivity index (χ2v) is 5.82. The van der Waals surface area contributed by atoms with Crippen molar-refractivity contribution in [1.82, 2.24) is 4.90 Å². The number of hydrogen-bond donors (Lipinski definition) is 0. The molecule has 1 saturated heterocycles. The molecule has 0 amide bonds. The molecule has 2 heteroatoms. The Morgan fingerprint density at radius 3 is 2.29 bits per heavy atom. The van der Waals surface area contributed by atoms with E-state index in [-0.39, 0.29) is 5.54 Å². The number of likely N-dealkylation sites (tertiary alicyclic amines) is 1. The first-order valence-corrected chi connectivity index (χ1v) is 7.33. The van der Waals surface area contributed by atoms with Crippen LogP contribution in [0.2, 0.25) is 0 Å². The number of hydrogen-bond acceptors (Lipinski definition) is 2. The van der Waals surface area contributed by atoms with Crippen LogP contribution in [0.4, 0.5) is 0 Å². The molecule has 2 nitrogen and oxygen atoms in total. The number of ketones is 1. The van der Waals surface area contributed by atoms with Gasteiger partial charge in [-0.05, 0) is 45.2 Å². The maximum atomic E-state index is 12.5. The van der Waals surface area contributed by atoms with Crippen LogP contribution in [0.25, 0.3) is 0 Å². The van der Waals surface area contributed by atoms with Crippen molar-refractivity contribution in [3.05, 3.63) is 0 Å². The number of carbonyl (C=O) groups excluding carboxylic acids is 1. The van der Waals surface area contributed by atoms with E-state index in [1.165, 1.54) is 19.3 Å². The first-order valence-electron chi connectivity index (χ1n) is 7.33. The van der Waals surface area contributed by atoms with Gasteiger partial charge < -0.3 is 0 Å². The standard InChI is InChI=1S/C15H29NO/c1-5-13(3)12-14(17)15(4,6-2)16-10-8-7-9-11-16/h13H,5-12H2,1-4H3. The molecular weight excluding hydrogens is 210 g/mol. The summed E-state index contributed by atoms with van der Waals surface area (Å²) in [6.07, 6.45) is 6.64. The third kappa shape index (κ3) is 3.54. The molecule has 2 atom stereocenters. The average molecular weight is 239 g/mol. The monoisotopic (exact) mass is 239 g/mol. The maximum absolute atomic E-state index is 12.5. The summed E-state index contributed by atoms with van der Waals surface area (Å²) in [6.45, 7) is 10.9. The van der Waals surface area contributed by atoms with Gasteiger partial charge in [0.2, 0.25) is 0 Å². The summed E-state index contributed by atoms with van der Waals surface area (Å²) in [5.41, 5.74) is -0.205. The van der Waals surface area contributed by atoms with Crippen LogP contribution in [-0.2, 0) is 4.79 Å². The highest BCUT2D eigenvalue weighted by Crippen LogP contribution is 2.27. The minimum atomic E-state index is -0.205. The van der Waals surface area contributed by atoms with Crippen molar-refractivity contribution in [3.63, 3.8) is 0 Å². The molecule has 0 spiro atoms. The molecule has 1 rings (SSSR count). The lowest BCUT2D eigenvalue weighted by Gasteiger charge is -2.42. The van der Waals surface area contributed by atoms with Crippen molar-refractivity contribution in [2.45, 2.75) is 71.8 Å². The van der Waals surface area contributed by atoms with Gasteiger partial charge in [0.15, 0.2) is 5.78 Å². The van der Waals surface area contributed by atoms with E-state index in [0.29, 0.717) is 11.7 Å². The van der Waals surface area contributed by atoms with E-state index in [9.17, 15) is 4.79 Å². The minimum Gasteiger partial charge on any atom is -0.298 e. The third-order valence-corrected chi connectivity index (χ3v) is 4.57. The van der Waals surface area contributed by atoms with Gasteiger partial charge in [-0.15, -0.1) is 0 Å². The van der Waals surface area contributed by atoms with Crippen LogP contribution in [0.5, 0.6) is 0 Å². The molecule has 1 fully saturated rings. The molecule has 1 aliphatic rings. The van der Waals surface area contributed by atoms with Crippen LogP contribution < -0.4 is 0 Å². The van der Waals surface area contributed by atoms with Crippen LogP contribution >= 0.6 is 0 Å². The first kappa shape index (κ1) is 14.7. The van der Waals surface area contributed by atoms with Gasteiger partial charge >= 0.3 is 0 Å². The van der Waals surface area contributed by atoms with E-state index < -0.39 is 0 Å². The molecule has 1 aliphatic heterocycles. The van der Waals surface area contributed by atoms with E-state index in [1.807, 2.05) is 0 Å². The van der Waals surface area contributed by atoms with E-state index >= 15 is 0 Å². The Morgan fingerprint density at radius 2 is 1.82 bits per heavy atom. The van der Waals surface area contributed by atoms with Gasteiger partial charge in [0.05, 0.1) is 5.54 Å². The van der Waals surface area contributed by atoms with Crippen LogP contribution in [0, 0.1) is 5.92 Å². The van der Waals surface area contributed by atoms with Gasteiger partial charge in [-0.3, -0.25) is 9.69 Å². The zero-order chi connectivity index (χ0) is 12.9. The Kier molecular flexibility index (Phi) is 5.64. The molecule has 0 aromatic carbocycles. The highest BCUT2D eigenvalue weighted by molar-refractivity contribution is 5.88. The van der Waals surface area contributed by atoms with Gasteiger partial charge in [-0.25, -0.2) is 0 Å². The Labute approximate surface area is 107 Å². The summed E-state index contributed by atoms with van der Waals surface area (Å²) in [5, 5.41) is 0. The number of carbonyl (C=O) groups is 1.